The van der Waals surface area contributed by atoms with Crippen molar-refractivity contribution in [3.8, 4) is 0 Å². The van der Waals surface area contributed by atoms with Crippen molar-refractivity contribution >= 4 is 35.0 Å². The predicted octanol–water partition coefficient (Wildman–Crippen LogP) is 6.09. The molecule has 0 aromatic heterocycles. The maximum Gasteiger partial charge on any atom is 0.243 e. The van der Waals surface area contributed by atoms with E-state index in [1.807, 2.05) is 81.4 Å². The van der Waals surface area contributed by atoms with Gasteiger partial charge in [-0.15, -0.1) is 0 Å². The highest BCUT2D eigenvalue weighted by molar-refractivity contribution is 6.30. The van der Waals surface area contributed by atoms with Gasteiger partial charge in [0.25, 0.3) is 0 Å². The molecule has 0 unspecified atom stereocenters. The van der Waals surface area contributed by atoms with E-state index in [0.717, 1.165) is 16.7 Å². The van der Waals surface area contributed by atoms with Crippen molar-refractivity contribution in [1.82, 2.24) is 10.2 Å². The van der Waals surface area contributed by atoms with Crippen molar-refractivity contribution in [3.05, 3.63) is 106 Å². The fourth-order valence-electron chi connectivity index (χ4n) is 3.72. The van der Waals surface area contributed by atoms with Crippen molar-refractivity contribution in [1.29, 1.82) is 0 Å². The Morgan fingerprint density at radius 3 is 2.09 bits per heavy atom. The number of rotatable bonds is 8. The number of carbonyl (C=O) groups excluding carboxylic acids is 2. The molecule has 0 saturated carbocycles. The molecule has 3 aromatic carbocycles. The van der Waals surface area contributed by atoms with E-state index < -0.39 is 11.6 Å². The minimum Gasteiger partial charge on any atom is -0.350 e. The Morgan fingerprint density at radius 1 is 0.824 bits per heavy atom. The lowest BCUT2D eigenvalue weighted by Crippen LogP contribution is -2.54. The Kier molecular flexibility index (Phi) is 8.76. The van der Waals surface area contributed by atoms with Gasteiger partial charge in [-0.25, -0.2) is 0 Å². The van der Waals surface area contributed by atoms with Gasteiger partial charge in [-0.3, -0.25) is 9.59 Å². The molecule has 3 rings (SSSR count). The third kappa shape index (κ3) is 7.89. The van der Waals surface area contributed by atoms with Gasteiger partial charge in [-0.2, -0.15) is 0 Å². The Labute approximate surface area is 211 Å². The summed E-state index contributed by atoms with van der Waals surface area (Å²) in [4.78, 5) is 28.8. The summed E-state index contributed by atoms with van der Waals surface area (Å²) in [7, 11) is 0. The van der Waals surface area contributed by atoms with E-state index in [4.69, 9.17) is 23.2 Å². The molecule has 0 aliphatic carbocycles. The van der Waals surface area contributed by atoms with Crippen molar-refractivity contribution in [2.45, 2.75) is 51.7 Å². The molecule has 0 fully saturated rings. The van der Waals surface area contributed by atoms with E-state index in [-0.39, 0.29) is 24.8 Å². The topological polar surface area (TPSA) is 49.4 Å². The summed E-state index contributed by atoms with van der Waals surface area (Å²) in [5, 5.41) is 4.26. The maximum atomic E-state index is 13.7. The van der Waals surface area contributed by atoms with Crippen LogP contribution in [0.25, 0.3) is 0 Å². The first-order valence-corrected chi connectivity index (χ1v) is 12.0. The second-order valence-electron chi connectivity index (χ2n) is 9.40. The molecule has 3 aromatic rings. The first kappa shape index (κ1) is 25.8. The van der Waals surface area contributed by atoms with Crippen LogP contribution in [0.4, 0.5) is 0 Å². The molecular formula is C28H30Cl2N2O2. The quantitative estimate of drug-likeness (QED) is 0.410. The Morgan fingerprint density at radius 2 is 1.47 bits per heavy atom. The van der Waals surface area contributed by atoms with Gasteiger partial charge >= 0.3 is 0 Å². The van der Waals surface area contributed by atoms with Crippen LogP contribution in [0.2, 0.25) is 10.0 Å². The van der Waals surface area contributed by atoms with Crippen LogP contribution in [0.15, 0.2) is 78.9 Å². The van der Waals surface area contributed by atoms with Crippen LogP contribution in [0.1, 0.15) is 37.5 Å². The molecule has 0 bridgehead atoms. The zero-order chi connectivity index (χ0) is 24.7. The first-order valence-electron chi connectivity index (χ1n) is 11.2. The van der Waals surface area contributed by atoms with Gasteiger partial charge in [0.1, 0.15) is 6.04 Å². The number of halogens is 2. The number of benzene rings is 3. The average molecular weight is 497 g/mol. The Hall–Kier alpha value is -2.82. The maximum absolute atomic E-state index is 13.7. The summed E-state index contributed by atoms with van der Waals surface area (Å²) in [5.41, 5.74) is 2.23. The molecule has 0 aliphatic heterocycles. The highest BCUT2D eigenvalue weighted by Crippen LogP contribution is 2.20. The number of hydrogen-bond donors (Lipinski definition) is 1. The van der Waals surface area contributed by atoms with Crippen LogP contribution in [0.3, 0.4) is 0 Å². The van der Waals surface area contributed by atoms with E-state index in [9.17, 15) is 9.59 Å². The molecule has 0 aliphatic rings. The zero-order valence-electron chi connectivity index (χ0n) is 19.7. The summed E-state index contributed by atoms with van der Waals surface area (Å²) < 4.78 is 0. The highest BCUT2D eigenvalue weighted by Gasteiger charge is 2.32. The molecule has 34 heavy (non-hydrogen) atoms. The third-order valence-electron chi connectivity index (χ3n) is 5.28. The van der Waals surface area contributed by atoms with Gasteiger partial charge in [0.2, 0.25) is 11.8 Å². The molecule has 0 heterocycles. The van der Waals surface area contributed by atoms with Gasteiger partial charge in [-0.05, 0) is 61.7 Å². The van der Waals surface area contributed by atoms with Crippen LogP contribution < -0.4 is 5.32 Å². The van der Waals surface area contributed by atoms with Crippen molar-refractivity contribution < 1.29 is 9.59 Å². The number of carbonyl (C=O) groups is 2. The monoisotopic (exact) mass is 496 g/mol. The van der Waals surface area contributed by atoms with Crippen LogP contribution in [-0.4, -0.2) is 28.3 Å². The van der Waals surface area contributed by atoms with E-state index in [1.165, 1.54) is 0 Å². The lowest BCUT2D eigenvalue weighted by molar-refractivity contribution is -0.141. The van der Waals surface area contributed by atoms with Crippen LogP contribution in [0, 0.1) is 0 Å². The fraction of sp³-hybridized carbons (Fsp3) is 0.286. The molecule has 1 atom stereocenters. The molecule has 6 heteroatoms. The second-order valence-corrected chi connectivity index (χ2v) is 10.3. The SMILES string of the molecule is CC(C)(C)NC(=O)[C@H](Cc1ccccc1)N(Cc1cccc(Cl)c1)C(=O)Cc1ccc(Cl)cc1. The molecule has 0 spiro atoms. The molecule has 0 saturated heterocycles. The lowest BCUT2D eigenvalue weighted by atomic mass is 10.00. The van der Waals surface area contributed by atoms with Gasteiger partial charge in [0.05, 0.1) is 6.42 Å². The first-order chi connectivity index (χ1) is 16.1. The van der Waals surface area contributed by atoms with Crippen molar-refractivity contribution in [3.63, 3.8) is 0 Å². The normalized spacial score (nSPS) is 12.1. The Balaban J connectivity index is 1.98. The molecular weight excluding hydrogens is 467 g/mol. The molecule has 4 nitrogen and oxygen atoms in total. The molecule has 178 valence electrons. The van der Waals surface area contributed by atoms with Crippen LogP contribution in [-0.2, 0) is 29.0 Å². The van der Waals surface area contributed by atoms with Gasteiger partial charge in [-0.1, -0.05) is 77.8 Å². The summed E-state index contributed by atoms with van der Waals surface area (Å²) in [6, 6.07) is 23.6. The Bertz CT molecular complexity index is 1110. The van der Waals surface area contributed by atoms with Gasteiger partial charge < -0.3 is 10.2 Å². The van der Waals surface area contributed by atoms with Crippen molar-refractivity contribution in [2.24, 2.45) is 0 Å². The third-order valence-corrected chi connectivity index (χ3v) is 5.77. The zero-order valence-corrected chi connectivity index (χ0v) is 21.2. The average Bonchev–Trinajstić information content (AvgIpc) is 2.77. The smallest absolute Gasteiger partial charge is 0.243 e. The molecule has 0 radical (unpaired) electrons. The fourth-order valence-corrected chi connectivity index (χ4v) is 4.06. The minimum atomic E-state index is -0.694. The summed E-state index contributed by atoms with van der Waals surface area (Å²) in [6.07, 6.45) is 0.557. The number of hydrogen-bond acceptors (Lipinski definition) is 2. The van der Waals surface area contributed by atoms with E-state index in [1.54, 1.807) is 23.1 Å². The van der Waals surface area contributed by atoms with Crippen LogP contribution in [0.5, 0.6) is 0 Å². The van der Waals surface area contributed by atoms with Gasteiger partial charge in [0, 0.05) is 28.5 Å². The number of amides is 2. The molecule has 2 amide bonds. The predicted molar refractivity (Wildman–Crippen MR) is 139 cm³/mol. The standard InChI is InChI=1S/C28H30Cl2N2O2/c1-28(2,3)31-27(34)25(17-20-8-5-4-6-9-20)32(19-22-10-7-11-24(30)16-22)26(33)18-21-12-14-23(29)15-13-21/h4-16,25H,17-19H2,1-3H3,(H,31,34)/t25-/m0/s1. The van der Waals surface area contributed by atoms with Crippen molar-refractivity contribution in [2.75, 3.05) is 0 Å². The number of nitrogens with zero attached hydrogens (tertiary/aromatic N) is 1. The number of nitrogens with one attached hydrogen (secondary N) is 1. The highest BCUT2D eigenvalue weighted by atomic mass is 35.5. The largest absolute Gasteiger partial charge is 0.350 e. The summed E-state index contributed by atoms with van der Waals surface area (Å²) in [5.74, 6) is -0.338. The molecule has 1 N–H and O–H groups in total. The van der Waals surface area contributed by atoms with E-state index in [2.05, 4.69) is 5.32 Å². The van der Waals surface area contributed by atoms with E-state index >= 15 is 0 Å². The summed E-state index contributed by atoms with van der Waals surface area (Å²) >= 11 is 12.2. The van der Waals surface area contributed by atoms with E-state index in [0.29, 0.717) is 16.5 Å². The summed E-state index contributed by atoms with van der Waals surface area (Å²) in [6.45, 7) is 6.06. The van der Waals surface area contributed by atoms with Gasteiger partial charge in [0.15, 0.2) is 0 Å². The lowest BCUT2D eigenvalue weighted by Gasteiger charge is -2.34. The van der Waals surface area contributed by atoms with Crippen LogP contribution >= 0.6 is 23.2 Å². The second kappa shape index (κ2) is 11.5. The minimum absolute atomic E-state index is 0.146.